The molecular formula is C23H18N6O3S2. The summed E-state index contributed by atoms with van der Waals surface area (Å²) in [6.07, 6.45) is 0. The number of aromatic amines is 1. The standard InChI is InChI=1S/C23H18N6O3S2/c1-32-16-9-7-15(8-10-16)20-17(11-24)21(31)27-22(26-20)34-13-19(30)25-23-29-28-18(12-33-23)14-5-3-2-4-6-14/h2-10H,12-13H2,1H3,(H,25,29,30)(H,26,27,31). The summed E-state index contributed by atoms with van der Waals surface area (Å²) in [6.45, 7) is 0. The van der Waals surface area contributed by atoms with E-state index in [0.29, 0.717) is 22.2 Å². The molecule has 1 amide bonds. The minimum Gasteiger partial charge on any atom is -0.497 e. The number of nitriles is 1. The molecule has 2 N–H and O–H groups in total. The van der Waals surface area contributed by atoms with Crippen molar-refractivity contribution >= 4 is 40.3 Å². The molecule has 0 spiro atoms. The summed E-state index contributed by atoms with van der Waals surface area (Å²) in [6, 6.07) is 18.5. The van der Waals surface area contributed by atoms with Crippen molar-refractivity contribution < 1.29 is 9.53 Å². The van der Waals surface area contributed by atoms with Crippen LogP contribution < -0.4 is 15.6 Å². The first-order valence-electron chi connectivity index (χ1n) is 10.0. The van der Waals surface area contributed by atoms with Gasteiger partial charge < -0.3 is 15.0 Å². The molecule has 1 aliphatic heterocycles. The molecule has 0 atom stereocenters. The van der Waals surface area contributed by atoms with Gasteiger partial charge in [-0.15, -0.1) is 5.10 Å². The van der Waals surface area contributed by atoms with Crippen LogP contribution in [0.3, 0.4) is 0 Å². The van der Waals surface area contributed by atoms with Gasteiger partial charge in [0.1, 0.15) is 17.4 Å². The fourth-order valence-electron chi connectivity index (χ4n) is 3.00. The zero-order chi connectivity index (χ0) is 23.9. The second-order valence-electron chi connectivity index (χ2n) is 6.88. The van der Waals surface area contributed by atoms with Crippen LogP contribution in [-0.2, 0) is 4.79 Å². The fourth-order valence-corrected chi connectivity index (χ4v) is 4.45. The Hall–Kier alpha value is -3.88. The first-order chi connectivity index (χ1) is 16.6. The molecule has 4 rings (SSSR count). The van der Waals surface area contributed by atoms with Crippen LogP contribution in [0.4, 0.5) is 0 Å². The van der Waals surface area contributed by atoms with Gasteiger partial charge in [-0.05, 0) is 29.8 Å². The predicted octanol–water partition coefficient (Wildman–Crippen LogP) is 3.03. The summed E-state index contributed by atoms with van der Waals surface area (Å²) in [4.78, 5) is 31.8. The van der Waals surface area contributed by atoms with Gasteiger partial charge in [-0.1, -0.05) is 53.9 Å². The van der Waals surface area contributed by atoms with Gasteiger partial charge in [-0.2, -0.15) is 10.4 Å². The van der Waals surface area contributed by atoms with E-state index in [9.17, 15) is 14.9 Å². The Morgan fingerprint density at radius 3 is 2.59 bits per heavy atom. The number of methoxy groups -OCH3 is 1. The third kappa shape index (κ3) is 5.54. The molecule has 0 aliphatic carbocycles. The number of aromatic nitrogens is 2. The fraction of sp³-hybridized carbons (Fsp3) is 0.130. The molecule has 9 nitrogen and oxygen atoms in total. The number of hydrogen-bond acceptors (Lipinski definition) is 9. The van der Waals surface area contributed by atoms with Gasteiger partial charge in [0, 0.05) is 11.3 Å². The zero-order valence-electron chi connectivity index (χ0n) is 17.9. The van der Waals surface area contributed by atoms with E-state index in [4.69, 9.17) is 4.74 Å². The predicted molar refractivity (Wildman–Crippen MR) is 133 cm³/mol. The number of amidine groups is 1. The van der Waals surface area contributed by atoms with E-state index in [1.54, 1.807) is 31.4 Å². The summed E-state index contributed by atoms with van der Waals surface area (Å²) in [5, 5.41) is 21.1. The van der Waals surface area contributed by atoms with Crippen LogP contribution in [0.15, 0.2) is 74.8 Å². The SMILES string of the molecule is COc1ccc(-c2nc(SCC(=O)NC3=NN=C(c4ccccc4)CS3)[nH]c(=O)c2C#N)cc1. The first-order valence-corrected chi connectivity index (χ1v) is 12.0. The number of amides is 1. The van der Waals surface area contributed by atoms with Crippen LogP contribution in [0, 0.1) is 11.3 Å². The minimum absolute atomic E-state index is 0.00820. The number of thioether (sulfide) groups is 2. The molecule has 3 aromatic rings. The third-order valence-electron chi connectivity index (χ3n) is 4.67. The minimum atomic E-state index is -0.568. The normalized spacial score (nSPS) is 12.8. The van der Waals surface area contributed by atoms with Gasteiger partial charge in [0.2, 0.25) is 5.91 Å². The lowest BCUT2D eigenvalue weighted by atomic mass is 10.1. The summed E-state index contributed by atoms with van der Waals surface area (Å²) in [5.41, 5.74) is 1.99. The van der Waals surface area contributed by atoms with Crippen LogP contribution in [0.2, 0.25) is 0 Å². The summed E-state index contributed by atoms with van der Waals surface area (Å²) in [7, 11) is 1.55. The molecule has 170 valence electrons. The molecule has 34 heavy (non-hydrogen) atoms. The monoisotopic (exact) mass is 490 g/mol. The number of benzene rings is 2. The largest absolute Gasteiger partial charge is 0.497 e. The van der Waals surface area contributed by atoms with Gasteiger partial charge in [-0.25, -0.2) is 4.98 Å². The maximum absolute atomic E-state index is 12.4. The Morgan fingerprint density at radius 2 is 1.94 bits per heavy atom. The van der Waals surface area contributed by atoms with E-state index in [1.807, 2.05) is 36.4 Å². The molecule has 2 aromatic carbocycles. The summed E-state index contributed by atoms with van der Waals surface area (Å²) < 4.78 is 5.14. The molecule has 0 saturated heterocycles. The lowest BCUT2D eigenvalue weighted by Gasteiger charge is -2.12. The molecule has 0 bridgehead atoms. The molecule has 0 radical (unpaired) electrons. The van der Waals surface area contributed by atoms with Crippen molar-refractivity contribution in [3.8, 4) is 23.1 Å². The number of nitrogens with zero attached hydrogens (tertiary/aromatic N) is 4. The Balaban J connectivity index is 1.43. The number of H-pyrrole nitrogens is 1. The van der Waals surface area contributed by atoms with Crippen LogP contribution in [0.1, 0.15) is 11.1 Å². The highest BCUT2D eigenvalue weighted by molar-refractivity contribution is 8.14. The highest BCUT2D eigenvalue weighted by Gasteiger charge is 2.17. The van der Waals surface area contributed by atoms with E-state index in [2.05, 4.69) is 25.5 Å². The molecule has 0 fully saturated rings. The molecule has 11 heteroatoms. The molecular weight excluding hydrogens is 472 g/mol. The van der Waals surface area contributed by atoms with Crippen molar-refractivity contribution in [2.24, 2.45) is 10.2 Å². The van der Waals surface area contributed by atoms with Gasteiger partial charge in [0.25, 0.3) is 5.56 Å². The van der Waals surface area contributed by atoms with Crippen LogP contribution in [-0.4, -0.2) is 45.4 Å². The summed E-state index contributed by atoms with van der Waals surface area (Å²) >= 11 is 2.44. The second kappa shape index (κ2) is 10.8. The number of ether oxygens (including phenoxy) is 1. The molecule has 1 aromatic heterocycles. The van der Waals surface area contributed by atoms with Gasteiger partial charge in [-0.3, -0.25) is 9.59 Å². The number of nitrogens with one attached hydrogen (secondary N) is 2. The number of carbonyl (C=O) groups excluding carboxylic acids is 1. The van der Waals surface area contributed by atoms with E-state index in [0.717, 1.165) is 23.0 Å². The van der Waals surface area contributed by atoms with Crippen LogP contribution in [0.5, 0.6) is 5.75 Å². The van der Waals surface area contributed by atoms with Crippen LogP contribution >= 0.6 is 23.5 Å². The number of rotatable bonds is 6. The lowest BCUT2D eigenvalue weighted by Crippen LogP contribution is -2.32. The number of carbonyl (C=O) groups is 1. The van der Waals surface area contributed by atoms with Gasteiger partial charge >= 0.3 is 0 Å². The van der Waals surface area contributed by atoms with Gasteiger partial charge in [0.05, 0.1) is 24.3 Å². The Bertz CT molecular complexity index is 1360. The van der Waals surface area contributed by atoms with E-state index >= 15 is 0 Å². The maximum Gasteiger partial charge on any atom is 0.270 e. The average molecular weight is 491 g/mol. The van der Waals surface area contributed by atoms with Crippen LogP contribution in [0.25, 0.3) is 11.3 Å². The van der Waals surface area contributed by atoms with Crippen molar-refractivity contribution in [3.63, 3.8) is 0 Å². The first kappa shape index (κ1) is 23.3. The van der Waals surface area contributed by atoms with Crippen molar-refractivity contribution in [1.82, 2.24) is 15.3 Å². The molecule has 0 saturated carbocycles. The average Bonchev–Trinajstić information content (AvgIpc) is 2.88. The lowest BCUT2D eigenvalue weighted by molar-refractivity contribution is -0.117. The Morgan fingerprint density at radius 1 is 1.18 bits per heavy atom. The quantitative estimate of drug-likeness (QED) is 0.401. The van der Waals surface area contributed by atoms with Crippen molar-refractivity contribution in [2.45, 2.75) is 5.16 Å². The smallest absolute Gasteiger partial charge is 0.270 e. The highest BCUT2D eigenvalue weighted by atomic mass is 32.2. The topological polar surface area (TPSA) is 133 Å². The molecule has 0 unspecified atom stereocenters. The Labute approximate surface area is 203 Å². The summed E-state index contributed by atoms with van der Waals surface area (Å²) in [5.74, 6) is 0.909. The van der Waals surface area contributed by atoms with Crippen molar-refractivity contribution in [2.75, 3.05) is 18.6 Å². The van der Waals surface area contributed by atoms with E-state index < -0.39 is 5.56 Å². The molecule has 2 heterocycles. The Kier molecular flexibility index (Phi) is 7.41. The van der Waals surface area contributed by atoms with Gasteiger partial charge in [0.15, 0.2) is 10.3 Å². The van der Waals surface area contributed by atoms with Crippen molar-refractivity contribution in [3.05, 3.63) is 76.1 Å². The number of hydrogen-bond donors (Lipinski definition) is 2. The maximum atomic E-state index is 12.4. The third-order valence-corrected chi connectivity index (χ3v) is 6.42. The molecule has 1 aliphatic rings. The van der Waals surface area contributed by atoms with Crippen molar-refractivity contribution in [1.29, 1.82) is 5.26 Å². The second-order valence-corrected chi connectivity index (χ2v) is 8.81. The highest BCUT2D eigenvalue weighted by Crippen LogP contribution is 2.24. The zero-order valence-corrected chi connectivity index (χ0v) is 19.6. The van der Waals surface area contributed by atoms with E-state index in [-0.39, 0.29) is 28.1 Å². The van der Waals surface area contributed by atoms with E-state index in [1.165, 1.54) is 11.8 Å².